The third-order valence-corrected chi connectivity index (χ3v) is 3.16. The average Bonchev–Trinajstić information content (AvgIpc) is 2.90. The second-order valence-corrected chi connectivity index (χ2v) is 4.42. The molecule has 3 rings (SSSR count). The zero-order chi connectivity index (χ0) is 15.0. The Bertz CT molecular complexity index is 842. The molecule has 0 amide bonds. The Kier molecular flexibility index (Phi) is 3.06. The van der Waals surface area contributed by atoms with Crippen molar-refractivity contribution in [1.82, 2.24) is 9.38 Å². The van der Waals surface area contributed by atoms with Crippen LogP contribution in [0.1, 0.15) is 10.5 Å². The van der Waals surface area contributed by atoms with Gasteiger partial charge in [-0.15, -0.1) is 0 Å². The Morgan fingerprint density at radius 1 is 1.33 bits per heavy atom. The van der Waals surface area contributed by atoms with Crippen molar-refractivity contribution in [2.24, 2.45) is 0 Å². The molecule has 0 saturated heterocycles. The molecule has 0 unspecified atom stereocenters. The fraction of sp³-hybridized carbons (Fsp3) is 0.0667. The van der Waals surface area contributed by atoms with Crippen LogP contribution < -0.4 is 4.74 Å². The summed E-state index contributed by atoms with van der Waals surface area (Å²) in [5.74, 6) is -1.40. The molecule has 0 spiro atoms. The Hall–Kier alpha value is -2.89. The average molecular weight is 286 g/mol. The van der Waals surface area contributed by atoms with Gasteiger partial charge >= 0.3 is 5.97 Å². The van der Waals surface area contributed by atoms with Gasteiger partial charge in [-0.25, -0.2) is 14.2 Å². The molecule has 0 saturated carbocycles. The van der Waals surface area contributed by atoms with Gasteiger partial charge in [-0.05, 0) is 30.3 Å². The molecular formula is C15H11FN2O3. The van der Waals surface area contributed by atoms with Crippen LogP contribution in [0.5, 0.6) is 5.75 Å². The Labute approximate surface area is 119 Å². The van der Waals surface area contributed by atoms with Gasteiger partial charge in [-0.2, -0.15) is 0 Å². The molecule has 3 aromatic rings. The lowest BCUT2D eigenvalue weighted by Gasteiger charge is -2.02. The highest BCUT2D eigenvalue weighted by molar-refractivity contribution is 5.87. The van der Waals surface area contributed by atoms with Gasteiger partial charge in [-0.1, -0.05) is 6.07 Å². The van der Waals surface area contributed by atoms with Gasteiger partial charge in [0.25, 0.3) is 0 Å². The molecule has 0 aliphatic carbocycles. The van der Waals surface area contributed by atoms with Crippen LogP contribution in [-0.4, -0.2) is 27.6 Å². The third kappa shape index (κ3) is 2.20. The van der Waals surface area contributed by atoms with Crippen LogP contribution in [0, 0.1) is 5.82 Å². The molecule has 5 nitrogen and oxygen atoms in total. The molecule has 21 heavy (non-hydrogen) atoms. The van der Waals surface area contributed by atoms with Crippen molar-refractivity contribution in [2.75, 3.05) is 7.11 Å². The first-order valence-electron chi connectivity index (χ1n) is 6.15. The van der Waals surface area contributed by atoms with Crippen LogP contribution >= 0.6 is 0 Å². The fourth-order valence-electron chi connectivity index (χ4n) is 2.15. The van der Waals surface area contributed by atoms with Gasteiger partial charge in [0.05, 0.1) is 12.8 Å². The molecule has 2 aromatic heterocycles. The standard InChI is InChI=1S/C15H11FN2O3/c1-21-13-6-5-9(7-10(13)16)11-8-18-12(15(19)20)3-2-4-14(18)17-11/h2-8H,1H3,(H,19,20). The summed E-state index contributed by atoms with van der Waals surface area (Å²) in [5, 5.41) is 9.15. The fourth-order valence-corrected chi connectivity index (χ4v) is 2.15. The molecule has 1 aromatic carbocycles. The number of aromatic carboxylic acids is 1. The highest BCUT2D eigenvalue weighted by atomic mass is 19.1. The number of benzene rings is 1. The van der Waals surface area contributed by atoms with Crippen molar-refractivity contribution in [3.8, 4) is 17.0 Å². The molecule has 0 aliphatic heterocycles. The molecule has 6 heteroatoms. The SMILES string of the molecule is COc1ccc(-c2cn3c(C(=O)O)cccc3n2)cc1F. The minimum absolute atomic E-state index is 0.0974. The highest BCUT2D eigenvalue weighted by Crippen LogP contribution is 2.25. The van der Waals surface area contributed by atoms with E-state index in [0.29, 0.717) is 16.9 Å². The van der Waals surface area contributed by atoms with Crippen LogP contribution in [0.25, 0.3) is 16.9 Å². The first-order valence-corrected chi connectivity index (χ1v) is 6.15. The van der Waals surface area contributed by atoms with Gasteiger partial charge in [0.15, 0.2) is 11.6 Å². The maximum Gasteiger partial charge on any atom is 0.352 e. The lowest BCUT2D eigenvalue weighted by atomic mass is 10.1. The summed E-state index contributed by atoms with van der Waals surface area (Å²) >= 11 is 0. The van der Waals surface area contributed by atoms with Crippen molar-refractivity contribution < 1.29 is 19.0 Å². The Morgan fingerprint density at radius 3 is 2.81 bits per heavy atom. The lowest BCUT2D eigenvalue weighted by Crippen LogP contribution is -2.03. The zero-order valence-corrected chi connectivity index (χ0v) is 11.1. The van der Waals surface area contributed by atoms with E-state index >= 15 is 0 Å². The molecule has 106 valence electrons. The summed E-state index contributed by atoms with van der Waals surface area (Å²) in [6.07, 6.45) is 1.57. The van der Waals surface area contributed by atoms with Gasteiger partial charge < -0.3 is 9.84 Å². The second kappa shape index (κ2) is 4.90. The van der Waals surface area contributed by atoms with Crippen molar-refractivity contribution in [1.29, 1.82) is 0 Å². The van der Waals surface area contributed by atoms with E-state index in [1.165, 1.54) is 29.7 Å². The van der Waals surface area contributed by atoms with Crippen LogP contribution in [0.3, 0.4) is 0 Å². The number of carboxylic acid groups (broad SMARTS) is 1. The molecule has 0 atom stereocenters. The van der Waals surface area contributed by atoms with Gasteiger partial charge in [0.2, 0.25) is 0 Å². The number of hydrogen-bond acceptors (Lipinski definition) is 3. The van der Waals surface area contributed by atoms with E-state index in [1.54, 1.807) is 24.4 Å². The van der Waals surface area contributed by atoms with E-state index in [0.717, 1.165) is 0 Å². The van der Waals surface area contributed by atoms with E-state index in [2.05, 4.69) is 4.98 Å². The monoisotopic (exact) mass is 286 g/mol. The van der Waals surface area contributed by atoms with Gasteiger partial charge in [0, 0.05) is 11.8 Å². The molecule has 0 bridgehead atoms. The van der Waals surface area contributed by atoms with E-state index < -0.39 is 11.8 Å². The molecule has 0 radical (unpaired) electrons. The van der Waals surface area contributed by atoms with E-state index in [4.69, 9.17) is 9.84 Å². The highest BCUT2D eigenvalue weighted by Gasteiger charge is 2.12. The molecule has 1 N–H and O–H groups in total. The van der Waals surface area contributed by atoms with Crippen molar-refractivity contribution in [3.63, 3.8) is 0 Å². The van der Waals surface area contributed by atoms with Crippen LogP contribution in [0.4, 0.5) is 4.39 Å². The van der Waals surface area contributed by atoms with E-state index in [-0.39, 0.29) is 11.4 Å². The van der Waals surface area contributed by atoms with E-state index in [1.807, 2.05) is 0 Å². The van der Waals surface area contributed by atoms with Crippen LogP contribution in [0.15, 0.2) is 42.6 Å². The number of halogens is 1. The maximum atomic E-state index is 13.7. The summed E-state index contributed by atoms with van der Waals surface area (Å²) in [5.41, 5.74) is 1.62. The summed E-state index contributed by atoms with van der Waals surface area (Å²) in [7, 11) is 1.39. The zero-order valence-electron chi connectivity index (χ0n) is 11.1. The molecule has 2 heterocycles. The van der Waals surface area contributed by atoms with E-state index in [9.17, 15) is 9.18 Å². The minimum atomic E-state index is -1.05. The quantitative estimate of drug-likeness (QED) is 0.804. The number of imidazole rings is 1. The van der Waals surface area contributed by atoms with Crippen LogP contribution in [-0.2, 0) is 0 Å². The molecule has 0 fully saturated rings. The maximum absolute atomic E-state index is 13.7. The van der Waals surface area contributed by atoms with Crippen molar-refractivity contribution >= 4 is 11.6 Å². The predicted molar refractivity (Wildman–Crippen MR) is 74.1 cm³/mol. The van der Waals surface area contributed by atoms with Crippen molar-refractivity contribution in [3.05, 3.63) is 54.1 Å². The largest absolute Gasteiger partial charge is 0.494 e. The Morgan fingerprint density at radius 2 is 2.14 bits per heavy atom. The Balaban J connectivity index is 2.15. The van der Waals surface area contributed by atoms with Crippen LogP contribution in [0.2, 0.25) is 0 Å². The normalized spacial score (nSPS) is 10.8. The lowest BCUT2D eigenvalue weighted by molar-refractivity contribution is 0.0689. The minimum Gasteiger partial charge on any atom is -0.494 e. The number of rotatable bonds is 3. The molecular weight excluding hydrogens is 275 g/mol. The third-order valence-electron chi connectivity index (χ3n) is 3.16. The number of methoxy groups -OCH3 is 1. The number of carbonyl (C=O) groups is 1. The predicted octanol–water partition coefficient (Wildman–Crippen LogP) is 2.85. The second-order valence-electron chi connectivity index (χ2n) is 4.42. The topological polar surface area (TPSA) is 63.8 Å². The van der Waals surface area contributed by atoms with Crippen molar-refractivity contribution in [2.45, 2.75) is 0 Å². The first-order chi connectivity index (χ1) is 10.1. The summed E-state index contributed by atoms with van der Waals surface area (Å²) in [6.45, 7) is 0. The number of fused-ring (bicyclic) bond motifs is 1. The number of nitrogens with zero attached hydrogens (tertiary/aromatic N) is 2. The number of aromatic nitrogens is 2. The van der Waals surface area contributed by atoms with Gasteiger partial charge in [-0.3, -0.25) is 4.40 Å². The molecule has 0 aliphatic rings. The first kappa shape index (κ1) is 13.1. The van der Waals surface area contributed by atoms with Gasteiger partial charge in [0.1, 0.15) is 11.3 Å². The summed E-state index contributed by atoms with van der Waals surface area (Å²) in [6, 6.07) is 9.27. The summed E-state index contributed by atoms with van der Waals surface area (Å²) < 4.78 is 20.1. The smallest absolute Gasteiger partial charge is 0.352 e. The summed E-state index contributed by atoms with van der Waals surface area (Å²) in [4.78, 5) is 15.5. The number of hydrogen-bond donors (Lipinski definition) is 1. The number of carboxylic acids is 1. The number of ether oxygens (including phenoxy) is 1. The number of pyridine rings is 1.